The standard InChI is InChI=1S/C5H6BrN3S/c1-2-3(6)4(10)9-5(7)8-2/h1H3,(H3,7,8,9,10). The van der Waals surface area contributed by atoms with Crippen LogP contribution in [0.15, 0.2) is 4.47 Å². The third kappa shape index (κ3) is 1.35. The molecule has 0 saturated heterocycles. The maximum atomic E-state index is 5.37. The Morgan fingerprint density at radius 3 is 2.80 bits per heavy atom. The van der Waals surface area contributed by atoms with E-state index in [1.165, 1.54) is 0 Å². The van der Waals surface area contributed by atoms with E-state index in [1.807, 2.05) is 6.92 Å². The van der Waals surface area contributed by atoms with Gasteiger partial charge >= 0.3 is 0 Å². The van der Waals surface area contributed by atoms with Crippen molar-refractivity contribution in [1.29, 1.82) is 0 Å². The van der Waals surface area contributed by atoms with Crippen LogP contribution in [0, 0.1) is 11.6 Å². The minimum Gasteiger partial charge on any atom is -0.369 e. The Labute approximate surface area is 71.8 Å². The van der Waals surface area contributed by atoms with Crippen molar-refractivity contribution in [1.82, 2.24) is 9.97 Å². The molecule has 0 bridgehead atoms. The van der Waals surface area contributed by atoms with Crippen LogP contribution in [0.3, 0.4) is 0 Å². The highest BCUT2D eigenvalue weighted by atomic mass is 79.9. The number of halogens is 1. The van der Waals surface area contributed by atoms with E-state index in [0.29, 0.717) is 10.6 Å². The Hall–Kier alpha value is -0.420. The van der Waals surface area contributed by atoms with Gasteiger partial charge in [0.15, 0.2) is 5.95 Å². The predicted octanol–water partition coefficient (Wildman–Crippen LogP) is 1.79. The molecule has 0 radical (unpaired) electrons. The molecule has 0 aromatic carbocycles. The summed E-state index contributed by atoms with van der Waals surface area (Å²) in [6, 6.07) is 0. The molecule has 1 aromatic rings. The van der Waals surface area contributed by atoms with Gasteiger partial charge in [-0.05, 0) is 22.9 Å². The van der Waals surface area contributed by atoms with Crippen molar-refractivity contribution in [2.75, 3.05) is 5.73 Å². The number of aromatic amines is 1. The molecule has 0 aliphatic heterocycles. The Morgan fingerprint density at radius 2 is 2.30 bits per heavy atom. The molecule has 1 rings (SSSR count). The van der Waals surface area contributed by atoms with E-state index in [-0.39, 0.29) is 0 Å². The van der Waals surface area contributed by atoms with Crippen molar-refractivity contribution in [3.05, 3.63) is 14.8 Å². The summed E-state index contributed by atoms with van der Waals surface area (Å²) in [4.78, 5) is 6.66. The van der Waals surface area contributed by atoms with E-state index in [4.69, 9.17) is 18.0 Å². The van der Waals surface area contributed by atoms with E-state index in [0.717, 1.165) is 10.2 Å². The molecule has 0 amide bonds. The Kier molecular flexibility index (Phi) is 2.05. The second kappa shape index (κ2) is 2.67. The van der Waals surface area contributed by atoms with E-state index in [2.05, 4.69) is 25.9 Å². The van der Waals surface area contributed by atoms with Gasteiger partial charge in [0, 0.05) is 5.69 Å². The van der Waals surface area contributed by atoms with Gasteiger partial charge in [0.05, 0.1) is 4.47 Å². The molecule has 3 nitrogen and oxygen atoms in total. The third-order valence-electron chi connectivity index (χ3n) is 1.05. The van der Waals surface area contributed by atoms with E-state index in [9.17, 15) is 0 Å². The lowest BCUT2D eigenvalue weighted by atomic mass is 10.5. The molecule has 0 saturated carbocycles. The maximum Gasteiger partial charge on any atom is 0.199 e. The molecule has 0 unspecified atom stereocenters. The van der Waals surface area contributed by atoms with Crippen LogP contribution in [0.1, 0.15) is 5.69 Å². The number of nitrogens with two attached hydrogens (primary N) is 1. The average Bonchev–Trinajstić information content (AvgIpc) is 1.82. The molecule has 10 heavy (non-hydrogen) atoms. The number of anilines is 1. The van der Waals surface area contributed by atoms with Crippen LogP contribution in [0.4, 0.5) is 5.95 Å². The van der Waals surface area contributed by atoms with Crippen LogP contribution in [0.25, 0.3) is 0 Å². The van der Waals surface area contributed by atoms with E-state index >= 15 is 0 Å². The first-order valence-corrected chi connectivity index (χ1v) is 3.83. The predicted molar refractivity (Wildman–Crippen MR) is 46.3 cm³/mol. The van der Waals surface area contributed by atoms with Gasteiger partial charge in [-0.3, -0.25) is 0 Å². The number of hydrogen-bond acceptors (Lipinski definition) is 3. The van der Waals surface area contributed by atoms with Crippen molar-refractivity contribution in [3.63, 3.8) is 0 Å². The molecular weight excluding hydrogens is 214 g/mol. The number of aryl methyl sites for hydroxylation is 1. The highest BCUT2D eigenvalue weighted by Gasteiger charge is 1.97. The molecule has 0 spiro atoms. The first-order chi connectivity index (χ1) is 4.61. The first-order valence-electron chi connectivity index (χ1n) is 2.63. The van der Waals surface area contributed by atoms with Crippen molar-refractivity contribution in [2.45, 2.75) is 6.92 Å². The molecule has 0 aliphatic rings. The van der Waals surface area contributed by atoms with Gasteiger partial charge in [-0.25, -0.2) is 4.98 Å². The Bertz CT molecular complexity index is 306. The molecule has 5 heteroatoms. The number of nitrogens with one attached hydrogen (secondary N) is 1. The fourth-order valence-electron chi connectivity index (χ4n) is 0.594. The van der Waals surface area contributed by atoms with Crippen LogP contribution in [0.5, 0.6) is 0 Å². The largest absolute Gasteiger partial charge is 0.369 e. The van der Waals surface area contributed by atoms with Crippen molar-refractivity contribution in [3.8, 4) is 0 Å². The summed E-state index contributed by atoms with van der Waals surface area (Å²) in [6.45, 7) is 1.87. The summed E-state index contributed by atoms with van der Waals surface area (Å²) in [5.41, 5.74) is 6.27. The number of rotatable bonds is 0. The topological polar surface area (TPSA) is 54.7 Å². The molecule has 0 aliphatic carbocycles. The third-order valence-corrected chi connectivity index (χ3v) is 2.58. The van der Waals surface area contributed by atoms with Gasteiger partial charge in [0.1, 0.15) is 4.64 Å². The molecule has 3 N–H and O–H groups in total. The van der Waals surface area contributed by atoms with Crippen LogP contribution in [0.2, 0.25) is 0 Å². The first kappa shape index (κ1) is 7.68. The lowest BCUT2D eigenvalue weighted by Gasteiger charge is -1.98. The van der Waals surface area contributed by atoms with Crippen LogP contribution < -0.4 is 5.73 Å². The van der Waals surface area contributed by atoms with Gasteiger partial charge in [-0.1, -0.05) is 12.2 Å². The van der Waals surface area contributed by atoms with Gasteiger partial charge < -0.3 is 10.7 Å². The monoisotopic (exact) mass is 219 g/mol. The summed E-state index contributed by atoms with van der Waals surface area (Å²) in [7, 11) is 0. The number of nitrogen functional groups attached to an aromatic ring is 1. The van der Waals surface area contributed by atoms with Gasteiger partial charge in [-0.2, -0.15) is 0 Å². The van der Waals surface area contributed by atoms with Gasteiger partial charge in [-0.15, -0.1) is 0 Å². The molecule has 1 heterocycles. The summed E-state index contributed by atoms with van der Waals surface area (Å²) in [5.74, 6) is 0.353. The van der Waals surface area contributed by atoms with E-state index in [1.54, 1.807) is 0 Å². The van der Waals surface area contributed by atoms with Crippen molar-refractivity contribution < 1.29 is 0 Å². The summed E-state index contributed by atoms with van der Waals surface area (Å²) in [5, 5.41) is 0. The Balaban J connectivity index is 3.46. The SMILES string of the molecule is Cc1[nH]c(N)nc(=S)c1Br. The average molecular weight is 220 g/mol. The highest BCUT2D eigenvalue weighted by Crippen LogP contribution is 2.14. The quantitative estimate of drug-likeness (QED) is 0.655. The minimum absolute atomic E-state index is 0.353. The fraction of sp³-hybridized carbons (Fsp3) is 0.200. The van der Waals surface area contributed by atoms with Crippen LogP contribution >= 0.6 is 28.1 Å². The maximum absolute atomic E-state index is 5.37. The summed E-state index contributed by atoms with van der Waals surface area (Å²) < 4.78 is 1.30. The van der Waals surface area contributed by atoms with E-state index < -0.39 is 0 Å². The molecule has 1 aromatic heterocycles. The summed E-state index contributed by atoms with van der Waals surface area (Å²) >= 11 is 8.13. The lowest BCUT2D eigenvalue weighted by Crippen LogP contribution is -1.97. The van der Waals surface area contributed by atoms with Crippen LogP contribution in [-0.2, 0) is 0 Å². The molecular formula is C5H6BrN3S. The number of H-pyrrole nitrogens is 1. The van der Waals surface area contributed by atoms with Crippen molar-refractivity contribution >= 4 is 34.1 Å². The van der Waals surface area contributed by atoms with Crippen LogP contribution in [-0.4, -0.2) is 9.97 Å². The second-order valence-corrected chi connectivity index (χ2v) is 3.05. The number of nitrogens with zero attached hydrogens (tertiary/aromatic N) is 1. The number of aromatic nitrogens is 2. The fourth-order valence-corrected chi connectivity index (χ4v) is 1.03. The molecule has 0 atom stereocenters. The minimum atomic E-state index is 0.353. The highest BCUT2D eigenvalue weighted by molar-refractivity contribution is 9.10. The zero-order valence-electron chi connectivity index (χ0n) is 5.31. The van der Waals surface area contributed by atoms with Crippen molar-refractivity contribution in [2.24, 2.45) is 0 Å². The normalized spacial score (nSPS) is 9.80. The van der Waals surface area contributed by atoms with Gasteiger partial charge in [0.2, 0.25) is 0 Å². The zero-order chi connectivity index (χ0) is 7.72. The van der Waals surface area contributed by atoms with Gasteiger partial charge in [0.25, 0.3) is 0 Å². The Morgan fingerprint density at radius 1 is 1.70 bits per heavy atom. The second-order valence-electron chi connectivity index (χ2n) is 1.87. The lowest BCUT2D eigenvalue weighted by molar-refractivity contribution is 1.09. The molecule has 0 fully saturated rings. The number of hydrogen-bond donors (Lipinski definition) is 2. The smallest absolute Gasteiger partial charge is 0.199 e. The zero-order valence-corrected chi connectivity index (χ0v) is 7.71. The summed E-state index contributed by atoms with van der Waals surface area (Å²) in [6.07, 6.45) is 0. The molecule has 54 valence electrons.